The predicted molar refractivity (Wildman–Crippen MR) is 217 cm³/mol. The van der Waals surface area contributed by atoms with Gasteiger partial charge in [0.2, 0.25) is 0 Å². The molecular weight excluding hydrogens is 613 g/mol. The fourth-order valence-corrected chi connectivity index (χ4v) is 9.58. The number of thiophene rings is 3. The molecule has 2 aliphatic rings. The molecule has 5 rings (SSSR count). The molecule has 3 heterocycles. The average molecular weight is 661 g/mol. The molecule has 3 aromatic heterocycles. The molecule has 0 aliphatic heterocycles. The summed E-state index contributed by atoms with van der Waals surface area (Å²) in [5, 5.41) is 2.32. The standard InChI is InChI=1S/C41H42S3.C2H6/c1-9-14-17-33(39-28(8)29(12-4)36(42-39)18-15-10-2)41-38(30(13-5)35(44-41)16-11-3)32-23-20-27(7)25-34-31-22-19-26(6)21-24-37(31)43-40(32)34;1-2/h11-19,21-26H,3-4,8-10,20H2,1-2,5-7H3;1-2H3/b17-14-,18-15-,30-13+,35-16+,39-33-;. The van der Waals surface area contributed by atoms with E-state index < -0.39 is 0 Å². The van der Waals surface area contributed by atoms with Gasteiger partial charge in [0.05, 0.1) is 0 Å². The monoisotopic (exact) mass is 660 g/mol. The average Bonchev–Trinajstić information content (AvgIpc) is 3.60. The quantitative estimate of drug-likeness (QED) is 0.226. The van der Waals surface area contributed by atoms with E-state index in [2.05, 4.69) is 127 Å². The highest BCUT2D eigenvalue weighted by Gasteiger charge is 2.25. The van der Waals surface area contributed by atoms with Crippen LogP contribution in [0.25, 0.3) is 60.3 Å². The Morgan fingerprint density at radius 3 is 2.41 bits per heavy atom. The minimum Gasteiger partial charge on any atom is -0.135 e. The van der Waals surface area contributed by atoms with Crippen molar-refractivity contribution in [2.45, 2.75) is 67.7 Å². The van der Waals surface area contributed by atoms with Crippen LogP contribution < -0.4 is 19.5 Å². The van der Waals surface area contributed by atoms with Crippen molar-refractivity contribution in [2.24, 2.45) is 5.92 Å². The van der Waals surface area contributed by atoms with Crippen molar-refractivity contribution in [3.63, 3.8) is 0 Å². The molecule has 0 fully saturated rings. The Bertz CT molecular complexity index is 2030. The highest BCUT2D eigenvalue weighted by Crippen LogP contribution is 2.44. The zero-order chi connectivity index (χ0) is 33.4. The molecule has 2 aliphatic carbocycles. The van der Waals surface area contributed by atoms with E-state index in [0.29, 0.717) is 5.92 Å². The summed E-state index contributed by atoms with van der Waals surface area (Å²) >= 11 is 5.60. The largest absolute Gasteiger partial charge is 0.135 e. The topological polar surface area (TPSA) is 0 Å². The lowest BCUT2D eigenvalue weighted by Gasteiger charge is -2.11. The molecule has 1 unspecified atom stereocenters. The van der Waals surface area contributed by atoms with E-state index in [1.54, 1.807) is 0 Å². The third-order valence-electron chi connectivity index (χ3n) is 7.99. The van der Waals surface area contributed by atoms with Crippen LogP contribution in [0.2, 0.25) is 0 Å². The second-order valence-electron chi connectivity index (χ2n) is 11.2. The first-order chi connectivity index (χ1) is 22.4. The zero-order valence-electron chi connectivity index (χ0n) is 28.6. The van der Waals surface area contributed by atoms with Crippen molar-refractivity contribution >= 4 is 94.3 Å². The van der Waals surface area contributed by atoms with E-state index in [0.717, 1.165) is 30.0 Å². The van der Waals surface area contributed by atoms with Crippen LogP contribution in [0, 0.1) is 5.92 Å². The molecule has 3 aromatic rings. The lowest BCUT2D eigenvalue weighted by Crippen LogP contribution is -2.23. The fourth-order valence-electron chi connectivity index (χ4n) is 5.76. The normalized spacial score (nSPS) is 17.2. The van der Waals surface area contributed by atoms with Crippen molar-refractivity contribution in [3.8, 4) is 0 Å². The van der Waals surface area contributed by atoms with Crippen molar-refractivity contribution in [1.29, 1.82) is 0 Å². The van der Waals surface area contributed by atoms with Gasteiger partial charge in [-0.15, -0.1) is 34.0 Å². The second-order valence-corrected chi connectivity index (χ2v) is 14.4. The summed E-state index contributed by atoms with van der Waals surface area (Å²) < 4.78 is 2.44. The molecule has 0 bridgehead atoms. The first-order valence-electron chi connectivity index (χ1n) is 16.5. The van der Waals surface area contributed by atoms with E-state index >= 15 is 0 Å². The predicted octanol–water partition coefficient (Wildman–Crippen LogP) is 11.2. The molecule has 0 amide bonds. The lowest BCUT2D eigenvalue weighted by molar-refractivity contribution is 0.954. The Labute approximate surface area is 288 Å². The van der Waals surface area contributed by atoms with Crippen molar-refractivity contribution in [1.82, 2.24) is 0 Å². The minimum atomic E-state index is 0.431. The summed E-state index contributed by atoms with van der Waals surface area (Å²) in [7, 11) is 0. The van der Waals surface area contributed by atoms with Gasteiger partial charge in [0, 0.05) is 50.8 Å². The summed E-state index contributed by atoms with van der Waals surface area (Å²) in [6.45, 7) is 27.9. The van der Waals surface area contributed by atoms with Crippen LogP contribution in [-0.2, 0) is 0 Å². The molecule has 238 valence electrons. The van der Waals surface area contributed by atoms with Crippen LogP contribution in [0.1, 0.15) is 109 Å². The van der Waals surface area contributed by atoms with Crippen LogP contribution in [0.4, 0.5) is 0 Å². The summed E-state index contributed by atoms with van der Waals surface area (Å²) in [5.41, 5.74) is 9.05. The van der Waals surface area contributed by atoms with Crippen LogP contribution in [0.5, 0.6) is 0 Å². The van der Waals surface area contributed by atoms with Gasteiger partial charge in [-0.05, 0) is 78.8 Å². The Balaban J connectivity index is 0.00000235. The van der Waals surface area contributed by atoms with Gasteiger partial charge in [0.25, 0.3) is 0 Å². The summed E-state index contributed by atoms with van der Waals surface area (Å²) in [6, 6.07) is 0. The molecule has 0 N–H and O–H groups in total. The molecule has 0 saturated heterocycles. The number of fused-ring (bicyclic) bond motifs is 3. The fraction of sp³-hybridized carbons (Fsp3) is 0.256. The number of rotatable bonds is 8. The van der Waals surface area contributed by atoms with Gasteiger partial charge in [-0.2, -0.15) is 0 Å². The maximum atomic E-state index is 4.61. The molecule has 0 spiro atoms. The van der Waals surface area contributed by atoms with Gasteiger partial charge >= 0.3 is 0 Å². The Morgan fingerprint density at radius 1 is 1.00 bits per heavy atom. The molecule has 0 aromatic carbocycles. The second kappa shape index (κ2) is 16.4. The summed E-state index contributed by atoms with van der Waals surface area (Å²) in [4.78, 5) is 5.18. The first-order valence-corrected chi connectivity index (χ1v) is 19.0. The Hall–Kier alpha value is -3.50. The molecule has 0 nitrogen and oxygen atoms in total. The van der Waals surface area contributed by atoms with Gasteiger partial charge in [0.1, 0.15) is 0 Å². The maximum absolute atomic E-state index is 4.61. The molecular formula is C43H48S3. The molecule has 0 radical (unpaired) electrons. The zero-order valence-corrected chi connectivity index (χ0v) is 31.1. The van der Waals surface area contributed by atoms with Crippen LogP contribution >= 0.6 is 34.0 Å². The minimum absolute atomic E-state index is 0.431. The molecule has 0 saturated carbocycles. The first kappa shape index (κ1) is 35.4. The third-order valence-corrected chi connectivity index (χ3v) is 11.7. The van der Waals surface area contributed by atoms with E-state index in [1.165, 1.54) is 67.2 Å². The van der Waals surface area contributed by atoms with Gasteiger partial charge in [-0.25, -0.2) is 0 Å². The molecule has 1 atom stereocenters. The van der Waals surface area contributed by atoms with E-state index in [9.17, 15) is 0 Å². The van der Waals surface area contributed by atoms with Gasteiger partial charge < -0.3 is 0 Å². The van der Waals surface area contributed by atoms with Crippen LogP contribution in [-0.4, -0.2) is 0 Å². The van der Waals surface area contributed by atoms with Crippen LogP contribution in [0.3, 0.4) is 0 Å². The highest BCUT2D eigenvalue weighted by molar-refractivity contribution is 7.15. The summed E-state index contributed by atoms with van der Waals surface area (Å²) in [6.07, 6.45) is 34.4. The van der Waals surface area contributed by atoms with E-state index in [4.69, 9.17) is 0 Å². The Morgan fingerprint density at radius 2 is 1.74 bits per heavy atom. The van der Waals surface area contributed by atoms with Gasteiger partial charge in [0.15, 0.2) is 0 Å². The highest BCUT2D eigenvalue weighted by atomic mass is 32.1. The van der Waals surface area contributed by atoms with Crippen LogP contribution in [0.15, 0.2) is 61.3 Å². The number of allylic oxidation sites excluding steroid dienone is 8. The van der Waals surface area contributed by atoms with E-state index in [-0.39, 0.29) is 0 Å². The molecule has 3 heteroatoms. The number of hydrogen-bond donors (Lipinski definition) is 0. The maximum Gasteiger partial charge on any atom is 0.0448 e. The molecule has 46 heavy (non-hydrogen) atoms. The number of hydrogen-bond acceptors (Lipinski definition) is 3. The third kappa shape index (κ3) is 7.08. The van der Waals surface area contributed by atoms with E-state index in [1.807, 2.05) is 60.0 Å². The van der Waals surface area contributed by atoms with Gasteiger partial charge in [-0.3, -0.25) is 0 Å². The summed E-state index contributed by atoms with van der Waals surface area (Å²) in [5.74, 6) is 0.431. The van der Waals surface area contributed by atoms with Crippen molar-refractivity contribution < 1.29 is 0 Å². The smallest absolute Gasteiger partial charge is 0.0448 e. The van der Waals surface area contributed by atoms with Crippen molar-refractivity contribution in [3.05, 3.63) is 123 Å². The SMILES string of the molecule is C=C/C=c1/sc(C(/C=C\CC)=c2\sc(/C=C\CC)c(C=C)c2=C)c(C2=CCC(C)=Cc3c2sc2c3C=CC(C)C=C2)/c1=C/C.CC. The van der Waals surface area contributed by atoms with Gasteiger partial charge in [-0.1, -0.05) is 127 Å². The Kier molecular flexibility index (Phi) is 12.6. The lowest BCUT2D eigenvalue weighted by atomic mass is 9.95. The van der Waals surface area contributed by atoms with Crippen molar-refractivity contribution in [2.75, 3.05) is 0 Å².